The van der Waals surface area contributed by atoms with Crippen molar-refractivity contribution < 1.29 is 5.11 Å². The van der Waals surface area contributed by atoms with Crippen molar-refractivity contribution >= 4 is 0 Å². The second-order valence-electron chi connectivity index (χ2n) is 5.20. The van der Waals surface area contributed by atoms with Gasteiger partial charge in [-0.3, -0.25) is 4.90 Å². The summed E-state index contributed by atoms with van der Waals surface area (Å²) < 4.78 is 0. The molecule has 0 aliphatic rings. The van der Waals surface area contributed by atoms with Gasteiger partial charge in [0, 0.05) is 25.0 Å². The molecule has 0 bridgehead atoms. The van der Waals surface area contributed by atoms with Gasteiger partial charge in [-0.15, -0.1) is 0 Å². The quantitative estimate of drug-likeness (QED) is 0.796. The number of aliphatic hydroxyl groups is 1. The van der Waals surface area contributed by atoms with Crippen LogP contribution in [0.1, 0.15) is 26.3 Å². The molecule has 0 aromatic carbocycles. The first-order valence-electron chi connectivity index (χ1n) is 5.38. The maximum Gasteiger partial charge on any atom is 0.0591 e. The van der Waals surface area contributed by atoms with Crippen molar-refractivity contribution in [3.8, 4) is 0 Å². The largest absolute Gasteiger partial charge is 0.395 e. The van der Waals surface area contributed by atoms with E-state index in [1.54, 1.807) is 0 Å². The average Bonchev–Trinajstić information content (AvgIpc) is 2.54. The second kappa shape index (κ2) is 4.81. The van der Waals surface area contributed by atoms with Gasteiger partial charge in [-0.25, -0.2) is 0 Å². The van der Waals surface area contributed by atoms with Crippen molar-refractivity contribution in [2.75, 3.05) is 13.7 Å². The van der Waals surface area contributed by atoms with Crippen molar-refractivity contribution in [1.82, 2.24) is 9.88 Å². The highest BCUT2D eigenvalue weighted by Crippen LogP contribution is 2.24. The molecule has 1 unspecified atom stereocenters. The minimum absolute atomic E-state index is 0.0970. The van der Waals surface area contributed by atoms with E-state index in [9.17, 15) is 5.11 Å². The molecule has 86 valence electrons. The first-order valence-corrected chi connectivity index (χ1v) is 5.38. The molecule has 0 aliphatic carbocycles. The van der Waals surface area contributed by atoms with Crippen LogP contribution in [0, 0.1) is 5.41 Å². The molecule has 2 N–H and O–H groups in total. The third kappa shape index (κ3) is 3.36. The Morgan fingerprint density at radius 3 is 2.53 bits per heavy atom. The minimum atomic E-state index is 0.0970. The lowest BCUT2D eigenvalue weighted by Crippen LogP contribution is -2.43. The summed E-state index contributed by atoms with van der Waals surface area (Å²) in [6, 6.07) is 2.25. The molecule has 0 saturated heterocycles. The van der Waals surface area contributed by atoms with Crippen LogP contribution in [0.25, 0.3) is 0 Å². The van der Waals surface area contributed by atoms with E-state index < -0.39 is 0 Å². The van der Waals surface area contributed by atoms with Crippen LogP contribution in [0.3, 0.4) is 0 Å². The van der Waals surface area contributed by atoms with Gasteiger partial charge in [-0.1, -0.05) is 20.8 Å². The zero-order valence-electron chi connectivity index (χ0n) is 10.1. The highest BCUT2D eigenvalue weighted by molar-refractivity contribution is 5.08. The third-order valence-corrected chi connectivity index (χ3v) is 2.80. The predicted molar refractivity (Wildman–Crippen MR) is 62.6 cm³/mol. The number of aliphatic hydroxyl groups excluding tert-OH is 1. The van der Waals surface area contributed by atoms with E-state index in [1.165, 1.54) is 5.56 Å². The smallest absolute Gasteiger partial charge is 0.0591 e. The van der Waals surface area contributed by atoms with Crippen molar-refractivity contribution in [3.05, 3.63) is 24.0 Å². The Morgan fingerprint density at radius 2 is 2.13 bits per heavy atom. The van der Waals surface area contributed by atoms with Crippen LogP contribution in [0.5, 0.6) is 0 Å². The van der Waals surface area contributed by atoms with E-state index in [1.807, 2.05) is 12.4 Å². The van der Waals surface area contributed by atoms with Crippen LogP contribution in [0.15, 0.2) is 18.5 Å². The van der Waals surface area contributed by atoms with Gasteiger partial charge in [0.15, 0.2) is 0 Å². The van der Waals surface area contributed by atoms with Crippen LogP contribution in [-0.4, -0.2) is 34.7 Å². The van der Waals surface area contributed by atoms with Crippen molar-refractivity contribution in [3.63, 3.8) is 0 Å². The Hall–Kier alpha value is -0.800. The summed E-state index contributed by atoms with van der Waals surface area (Å²) in [7, 11) is 2.05. The Balaban J connectivity index is 2.62. The van der Waals surface area contributed by atoms with Crippen molar-refractivity contribution in [2.24, 2.45) is 5.41 Å². The van der Waals surface area contributed by atoms with E-state index in [0.717, 1.165) is 6.54 Å². The number of aromatic amines is 1. The lowest BCUT2D eigenvalue weighted by molar-refractivity contribution is 0.0614. The van der Waals surface area contributed by atoms with Crippen LogP contribution in [0.4, 0.5) is 0 Å². The van der Waals surface area contributed by atoms with Gasteiger partial charge in [0.05, 0.1) is 6.61 Å². The zero-order chi connectivity index (χ0) is 11.5. The Morgan fingerprint density at radius 1 is 1.47 bits per heavy atom. The summed E-state index contributed by atoms with van der Waals surface area (Å²) in [5, 5.41) is 9.41. The molecular weight excluding hydrogens is 188 g/mol. The van der Waals surface area contributed by atoms with Crippen LogP contribution < -0.4 is 0 Å². The van der Waals surface area contributed by atoms with Gasteiger partial charge >= 0.3 is 0 Å². The summed E-state index contributed by atoms with van der Waals surface area (Å²) >= 11 is 0. The number of H-pyrrole nitrogens is 1. The molecule has 0 spiro atoms. The first-order chi connectivity index (χ1) is 6.95. The summed E-state index contributed by atoms with van der Waals surface area (Å²) in [4.78, 5) is 5.24. The van der Waals surface area contributed by atoms with Gasteiger partial charge in [-0.2, -0.15) is 0 Å². The predicted octanol–water partition coefficient (Wildman–Crippen LogP) is 1.85. The molecule has 3 nitrogen and oxygen atoms in total. The fourth-order valence-corrected chi connectivity index (χ4v) is 1.93. The van der Waals surface area contributed by atoms with E-state index in [4.69, 9.17) is 0 Å². The average molecular weight is 210 g/mol. The molecule has 1 aromatic heterocycles. The topological polar surface area (TPSA) is 39.3 Å². The monoisotopic (exact) mass is 210 g/mol. The fraction of sp³-hybridized carbons (Fsp3) is 0.667. The number of hydrogen-bond acceptors (Lipinski definition) is 2. The highest BCUT2D eigenvalue weighted by Gasteiger charge is 2.27. The maximum absolute atomic E-state index is 9.41. The van der Waals surface area contributed by atoms with Crippen molar-refractivity contribution in [1.29, 1.82) is 0 Å². The molecule has 1 atom stereocenters. The number of nitrogens with one attached hydrogen (secondary N) is 1. The van der Waals surface area contributed by atoms with Gasteiger partial charge in [-0.05, 0) is 24.1 Å². The van der Waals surface area contributed by atoms with Gasteiger partial charge in [0.25, 0.3) is 0 Å². The Labute approximate surface area is 92.1 Å². The normalized spacial score (nSPS) is 14.5. The third-order valence-electron chi connectivity index (χ3n) is 2.80. The van der Waals surface area contributed by atoms with E-state index in [0.29, 0.717) is 0 Å². The van der Waals surface area contributed by atoms with Crippen LogP contribution >= 0.6 is 0 Å². The molecule has 0 aliphatic heterocycles. The molecule has 1 aromatic rings. The molecule has 3 heteroatoms. The van der Waals surface area contributed by atoms with Gasteiger partial charge in [0.2, 0.25) is 0 Å². The summed E-state index contributed by atoms with van der Waals surface area (Å²) in [5.41, 5.74) is 1.35. The van der Waals surface area contributed by atoms with E-state index in [2.05, 4.69) is 43.8 Å². The number of hydrogen-bond donors (Lipinski definition) is 2. The minimum Gasteiger partial charge on any atom is -0.395 e. The summed E-state index contributed by atoms with van der Waals surface area (Å²) in [6.07, 6.45) is 3.92. The zero-order valence-corrected chi connectivity index (χ0v) is 10.1. The SMILES string of the molecule is CN(Cc1cc[nH]c1)C(CO)C(C)(C)C. The maximum atomic E-state index is 9.41. The Bertz CT molecular complexity index is 274. The van der Waals surface area contributed by atoms with Gasteiger partial charge in [0.1, 0.15) is 0 Å². The number of nitrogens with zero attached hydrogens (tertiary/aromatic N) is 1. The van der Waals surface area contributed by atoms with E-state index >= 15 is 0 Å². The lowest BCUT2D eigenvalue weighted by Gasteiger charge is -2.36. The van der Waals surface area contributed by atoms with Gasteiger partial charge < -0.3 is 10.1 Å². The molecule has 0 radical (unpaired) electrons. The highest BCUT2D eigenvalue weighted by atomic mass is 16.3. The van der Waals surface area contributed by atoms with Crippen LogP contribution in [0.2, 0.25) is 0 Å². The fourth-order valence-electron chi connectivity index (χ4n) is 1.93. The number of rotatable bonds is 4. The molecule has 1 heterocycles. The molecule has 15 heavy (non-hydrogen) atoms. The molecule has 0 saturated carbocycles. The Kier molecular flexibility index (Phi) is 3.94. The molecule has 1 rings (SSSR count). The number of aromatic nitrogens is 1. The molecular formula is C12H22N2O. The number of likely N-dealkylation sites (N-methyl/N-ethyl adjacent to an activating group) is 1. The standard InChI is InChI=1S/C12H22N2O/c1-12(2,3)11(9-15)14(4)8-10-5-6-13-7-10/h5-7,11,13,15H,8-9H2,1-4H3. The van der Waals surface area contributed by atoms with E-state index in [-0.39, 0.29) is 18.1 Å². The summed E-state index contributed by atoms with van der Waals surface area (Å²) in [6.45, 7) is 7.53. The van der Waals surface area contributed by atoms with Crippen LogP contribution in [-0.2, 0) is 6.54 Å². The molecule has 0 fully saturated rings. The first kappa shape index (κ1) is 12.3. The van der Waals surface area contributed by atoms with Crippen molar-refractivity contribution in [2.45, 2.75) is 33.4 Å². The second-order valence-corrected chi connectivity index (χ2v) is 5.20. The molecule has 0 amide bonds. The summed E-state index contributed by atoms with van der Waals surface area (Å²) in [5.74, 6) is 0. The lowest BCUT2D eigenvalue weighted by atomic mass is 9.86.